The van der Waals surface area contributed by atoms with Gasteiger partial charge in [-0.1, -0.05) is 50.7 Å². The van der Waals surface area contributed by atoms with E-state index in [4.69, 9.17) is 5.11 Å². The van der Waals surface area contributed by atoms with E-state index >= 15 is 0 Å². The van der Waals surface area contributed by atoms with Gasteiger partial charge in [0.05, 0.1) is 17.1 Å². The molecule has 0 aliphatic heterocycles. The third-order valence-electron chi connectivity index (χ3n) is 2.79. The molecule has 0 saturated heterocycles. The van der Waals surface area contributed by atoms with Gasteiger partial charge in [-0.3, -0.25) is 4.79 Å². The van der Waals surface area contributed by atoms with Crippen molar-refractivity contribution in [1.82, 2.24) is 9.78 Å². The standard InChI is InChI=1S/C15H18N2O2S/c1-15(2,3)12-9-13(20-10-14(18)19)17(16-12)11-7-5-4-6-8-11/h4-9H,10H2,1-3H3,(H,18,19). The predicted molar refractivity (Wildman–Crippen MR) is 80.6 cm³/mol. The molecule has 5 heteroatoms. The number of carboxylic acid groups (broad SMARTS) is 1. The molecule has 20 heavy (non-hydrogen) atoms. The number of hydrogen-bond acceptors (Lipinski definition) is 3. The van der Waals surface area contributed by atoms with Crippen LogP contribution in [0.3, 0.4) is 0 Å². The highest BCUT2D eigenvalue weighted by atomic mass is 32.2. The number of para-hydroxylation sites is 1. The van der Waals surface area contributed by atoms with Crippen LogP contribution < -0.4 is 0 Å². The summed E-state index contributed by atoms with van der Waals surface area (Å²) in [6.07, 6.45) is 0. The van der Waals surface area contributed by atoms with Crippen LogP contribution in [0.1, 0.15) is 26.5 Å². The van der Waals surface area contributed by atoms with Crippen molar-refractivity contribution in [3.05, 3.63) is 42.1 Å². The predicted octanol–water partition coefficient (Wildman–Crippen LogP) is 3.35. The Labute approximate surface area is 122 Å². The van der Waals surface area contributed by atoms with Crippen molar-refractivity contribution in [2.24, 2.45) is 0 Å². The van der Waals surface area contributed by atoms with Crippen molar-refractivity contribution in [3.8, 4) is 5.69 Å². The van der Waals surface area contributed by atoms with E-state index in [0.29, 0.717) is 0 Å². The first kappa shape index (κ1) is 14.7. The molecule has 1 aromatic heterocycles. The van der Waals surface area contributed by atoms with Crippen LogP contribution >= 0.6 is 11.8 Å². The smallest absolute Gasteiger partial charge is 0.313 e. The number of hydrogen-bond donors (Lipinski definition) is 1. The Kier molecular flexibility index (Phi) is 4.18. The Balaban J connectivity index is 2.42. The van der Waals surface area contributed by atoms with Crippen molar-refractivity contribution in [2.45, 2.75) is 31.2 Å². The van der Waals surface area contributed by atoms with Crippen LogP contribution in [0.2, 0.25) is 0 Å². The summed E-state index contributed by atoms with van der Waals surface area (Å²) in [5.74, 6) is -0.796. The second-order valence-electron chi connectivity index (χ2n) is 5.55. The van der Waals surface area contributed by atoms with Gasteiger partial charge in [-0.2, -0.15) is 5.10 Å². The SMILES string of the molecule is CC(C)(C)c1cc(SCC(=O)O)n(-c2ccccc2)n1. The molecule has 0 aliphatic carbocycles. The second kappa shape index (κ2) is 5.71. The lowest BCUT2D eigenvalue weighted by Crippen LogP contribution is -2.12. The number of nitrogens with zero attached hydrogens (tertiary/aromatic N) is 2. The fraction of sp³-hybridized carbons (Fsp3) is 0.333. The zero-order valence-electron chi connectivity index (χ0n) is 11.8. The lowest BCUT2D eigenvalue weighted by atomic mass is 9.93. The van der Waals surface area contributed by atoms with Gasteiger partial charge in [-0.05, 0) is 18.2 Å². The van der Waals surface area contributed by atoms with E-state index in [2.05, 4.69) is 25.9 Å². The highest BCUT2D eigenvalue weighted by Gasteiger charge is 2.21. The average Bonchev–Trinajstić information content (AvgIpc) is 2.81. The third-order valence-corrected chi connectivity index (χ3v) is 3.77. The van der Waals surface area contributed by atoms with E-state index in [1.165, 1.54) is 11.8 Å². The molecule has 0 amide bonds. The summed E-state index contributed by atoms with van der Waals surface area (Å²) in [5, 5.41) is 14.3. The Bertz CT molecular complexity index is 600. The molecular formula is C15H18N2O2S. The minimum absolute atomic E-state index is 0.0299. The summed E-state index contributed by atoms with van der Waals surface area (Å²) in [6.45, 7) is 6.28. The first-order valence-electron chi connectivity index (χ1n) is 6.38. The first-order valence-corrected chi connectivity index (χ1v) is 7.37. The van der Waals surface area contributed by atoms with Crippen LogP contribution in [-0.2, 0) is 10.2 Å². The lowest BCUT2D eigenvalue weighted by molar-refractivity contribution is -0.133. The van der Waals surface area contributed by atoms with Crippen LogP contribution in [0.25, 0.3) is 5.69 Å². The van der Waals surface area contributed by atoms with Crippen LogP contribution in [0.5, 0.6) is 0 Å². The fourth-order valence-electron chi connectivity index (χ4n) is 1.72. The Morgan fingerprint density at radius 1 is 1.30 bits per heavy atom. The number of thioether (sulfide) groups is 1. The van der Waals surface area contributed by atoms with E-state index in [1.807, 2.05) is 41.1 Å². The van der Waals surface area contributed by atoms with E-state index in [1.54, 1.807) is 0 Å². The topological polar surface area (TPSA) is 55.1 Å². The van der Waals surface area contributed by atoms with Crippen LogP contribution in [0.15, 0.2) is 41.4 Å². The van der Waals surface area contributed by atoms with Crippen LogP contribution in [0, 0.1) is 0 Å². The van der Waals surface area contributed by atoms with Crippen molar-refractivity contribution in [1.29, 1.82) is 0 Å². The minimum atomic E-state index is -0.826. The van der Waals surface area contributed by atoms with E-state index in [-0.39, 0.29) is 11.2 Å². The maximum atomic E-state index is 10.8. The highest BCUT2D eigenvalue weighted by Crippen LogP contribution is 2.28. The molecule has 0 bridgehead atoms. The molecule has 0 unspecified atom stereocenters. The first-order chi connectivity index (χ1) is 9.38. The minimum Gasteiger partial charge on any atom is -0.481 e. The Hall–Kier alpha value is -1.75. The molecule has 4 nitrogen and oxygen atoms in total. The zero-order chi connectivity index (χ0) is 14.8. The summed E-state index contributed by atoms with van der Waals surface area (Å²) < 4.78 is 1.81. The molecule has 0 aliphatic rings. The van der Waals surface area contributed by atoms with Crippen molar-refractivity contribution >= 4 is 17.7 Å². The van der Waals surface area contributed by atoms with Crippen LogP contribution in [0.4, 0.5) is 0 Å². The molecule has 2 aromatic rings. The zero-order valence-corrected chi connectivity index (χ0v) is 12.6. The van der Waals surface area contributed by atoms with Gasteiger partial charge in [0.25, 0.3) is 0 Å². The molecule has 0 spiro atoms. The van der Waals surface area contributed by atoms with E-state index in [9.17, 15) is 4.79 Å². The molecule has 0 saturated carbocycles. The summed E-state index contributed by atoms with van der Waals surface area (Å²) in [5.41, 5.74) is 1.82. The second-order valence-corrected chi connectivity index (χ2v) is 6.54. The summed E-state index contributed by atoms with van der Waals surface area (Å²) in [7, 11) is 0. The number of carbonyl (C=O) groups is 1. The van der Waals surface area contributed by atoms with Gasteiger partial charge >= 0.3 is 5.97 Å². The maximum absolute atomic E-state index is 10.8. The molecule has 2 rings (SSSR count). The van der Waals surface area contributed by atoms with Gasteiger partial charge in [-0.25, -0.2) is 4.68 Å². The molecule has 1 N–H and O–H groups in total. The molecular weight excluding hydrogens is 272 g/mol. The summed E-state index contributed by atoms with van der Waals surface area (Å²) in [4.78, 5) is 10.8. The lowest BCUT2D eigenvalue weighted by Gasteiger charge is -2.14. The quantitative estimate of drug-likeness (QED) is 0.877. The normalized spacial score (nSPS) is 11.6. The van der Waals surface area contributed by atoms with Gasteiger partial charge in [0, 0.05) is 5.41 Å². The molecule has 106 valence electrons. The summed E-state index contributed by atoms with van der Waals surface area (Å²) >= 11 is 1.29. The molecule has 0 atom stereocenters. The Morgan fingerprint density at radius 2 is 1.95 bits per heavy atom. The Morgan fingerprint density at radius 3 is 2.50 bits per heavy atom. The number of aromatic nitrogens is 2. The van der Waals surface area contributed by atoms with Crippen molar-refractivity contribution < 1.29 is 9.90 Å². The highest BCUT2D eigenvalue weighted by molar-refractivity contribution is 7.99. The average molecular weight is 290 g/mol. The fourth-order valence-corrected chi connectivity index (χ4v) is 2.46. The van der Waals surface area contributed by atoms with Gasteiger partial charge in [0.2, 0.25) is 0 Å². The maximum Gasteiger partial charge on any atom is 0.313 e. The van der Waals surface area contributed by atoms with Gasteiger partial charge in [-0.15, -0.1) is 0 Å². The number of carboxylic acids is 1. The van der Waals surface area contributed by atoms with Gasteiger partial charge in [0.1, 0.15) is 5.03 Å². The number of benzene rings is 1. The van der Waals surface area contributed by atoms with E-state index < -0.39 is 5.97 Å². The molecule has 0 radical (unpaired) electrons. The largest absolute Gasteiger partial charge is 0.481 e. The summed E-state index contributed by atoms with van der Waals surface area (Å²) in [6, 6.07) is 11.7. The van der Waals surface area contributed by atoms with Crippen molar-refractivity contribution in [2.75, 3.05) is 5.75 Å². The molecule has 1 aromatic carbocycles. The van der Waals surface area contributed by atoms with E-state index in [0.717, 1.165) is 16.4 Å². The molecule has 0 fully saturated rings. The monoisotopic (exact) mass is 290 g/mol. The molecule has 1 heterocycles. The van der Waals surface area contributed by atoms with Gasteiger partial charge < -0.3 is 5.11 Å². The van der Waals surface area contributed by atoms with Gasteiger partial charge in [0.15, 0.2) is 0 Å². The third kappa shape index (κ3) is 3.42. The number of rotatable bonds is 4. The number of aliphatic carboxylic acids is 1. The van der Waals surface area contributed by atoms with Crippen LogP contribution in [-0.4, -0.2) is 26.6 Å². The van der Waals surface area contributed by atoms with Crippen molar-refractivity contribution in [3.63, 3.8) is 0 Å².